The molecule has 0 amide bonds. The number of fused-ring (bicyclic) bond motifs is 1. The highest BCUT2D eigenvalue weighted by Gasteiger charge is 2.29. The number of halogens is 2. The molecule has 0 saturated carbocycles. The van der Waals surface area contributed by atoms with Crippen LogP contribution >= 0.6 is 0 Å². The summed E-state index contributed by atoms with van der Waals surface area (Å²) >= 11 is 0. The molecular weight excluding hydrogens is 456 g/mol. The lowest BCUT2D eigenvalue weighted by Gasteiger charge is -2.31. The van der Waals surface area contributed by atoms with Crippen LogP contribution in [0.4, 0.5) is 8.78 Å². The van der Waals surface area contributed by atoms with Crippen molar-refractivity contribution >= 4 is 11.9 Å². The van der Waals surface area contributed by atoms with Crippen molar-refractivity contribution in [3.63, 3.8) is 0 Å². The Balaban J connectivity index is 1.58. The number of esters is 1. The van der Waals surface area contributed by atoms with Crippen LogP contribution in [-0.2, 0) is 33.6 Å². The van der Waals surface area contributed by atoms with E-state index in [0.29, 0.717) is 11.5 Å². The third-order valence-corrected chi connectivity index (χ3v) is 6.18. The molecule has 2 aromatic carbocycles. The van der Waals surface area contributed by atoms with Crippen LogP contribution in [0, 0.1) is 17.6 Å². The van der Waals surface area contributed by atoms with Gasteiger partial charge < -0.3 is 19.9 Å². The van der Waals surface area contributed by atoms with Crippen LogP contribution in [0.25, 0.3) is 0 Å². The van der Waals surface area contributed by atoms with Gasteiger partial charge in [0.25, 0.3) is 0 Å². The topological polar surface area (TPSA) is 84.9 Å². The zero-order valence-corrected chi connectivity index (χ0v) is 20.4. The van der Waals surface area contributed by atoms with E-state index >= 15 is 0 Å². The maximum Gasteiger partial charge on any atom is 0.303 e. The molecule has 1 aliphatic carbocycles. The van der Waals surface area contributed by atoms with Crippen LogP contribution in [0.2, 0.25) is 0 Å². The molecule has 190 valence electrons. The number of benzene rings is 2. The quantitative estimate of drug-likeness (QED) is 0.428. The molecule has 1 atom stereocenters. The summed E-state index contributed by atoms with van der Waals surface area (Å²) in [6.07, 6.45) is 2.07. The Labute approximate surface area is 204 Å². The summed E-state index contributed by atoms with van der Waals surface area (Å²) < 4.78 is 39.1. The molecule has 0 aromatic heterocycles. The van der Waals surface area contributed by atoms with E-state index in [-0.39, 0.29) is 37.3 Å². The first-order valence-corrected chi connectivity index (χ1v) is 11.8. The van der Waals surface area contributed by atoms with Crippen molar-refractivity contribution in [2.75, 3.05) is 13.2 Å². The average molecular weight is 490 g/mol. The summed E-state index contributed by atoms with van der Waals surface area (Å²) in [7, 11) is 0. The average Bonchev–Trinajstić information content (AvgIpc) is 3.18. The Morgan fingerprint density at radius 2 is 1.83 bits per heavy atom. The molecule has 35 heavy (non-hydrogen) atoms. The van der Waals surface area contributed by atoms with Gasteiger partial charge in [-0.05, 0) is 74.3 Å². The Morgan fingerprint density at radius 3 is 2.43 bits per heavy atom. The molecule has 0 bridgehead atoms. The standard InChI is InChI=1S/C27H33F2NO5/c1-17(31)35-22(16-34-24-13-18(8-9-25(32)33)12-23(28)26(24)29)15-30-27(2,3)14-19-10-20-6-4-5-7-21(20)11-19/h4-7,12-13,19,22,30H,8-11,14-16H2,1-3H3,(H,32,33)/t22-/m1/s1. The van der Waals surface area contributed by atoms with Crippen LogP contribution in [0.3, 0.4) is 0 Å². The fourth-order valence-electron chi connectivity index (χ4n) is 4.65. The van der Waals surface area contributed by atoms with Crippen LogP contribution in [-0.4, -0.2) is 41.8 Å². The van der Waals surface area contributed by atoms with Crippen molar-refractivity contribution in [3.05, 3.63) is 64.7 Å². The molecule has 8 heteroatoms. The van der Waals surface area contributed by atoms with Gasteiger partial charge in [0.05, 0.1) is 0 Å². The normalized spacial score (nSPS) is 14.4. The smallest absolute Gasteiger partial charge is 0.303 e. The SMILES string of the molecule is CC(=O)O[C@H](CNC(C)(C)CC1Cc2ccccc2C1)COc1cc(CCC(=O)O)cc(F)c1F. The molecule has 6 nitrogen and oxygen atoms in total. The summed E-state index contributed by atoms with van der Waals surface area (Å²) in [4.78, 5) is 22.4. The van der Waals surface area contributed by atoms with Gasteiger partial charge in [-0.15, -0.1) is 0 Å². The molecule has 0 aliphatic heterocycles. The summed E-state index contributed by atoms with van der Waals surface area (Å²) in [6, 6.07) is 10.7. The van der Waals surface area contributed by atoms with E-state index in [9.17, 15) is 18.4 Å². The number of carboxylic acids is 1. The highest BCUT2D eigenvalue weighted by Crippen LogP contribution is 2.32. The highest BCUT2D eigenvalue weighted by molar-refractivity contribution is 5.67. The monoisotopic (exact) mass is 489 g/mol. The van der Waals surface area contributed by atoms with Gasteiger partial charge in [0.1, 0.15) is 12.7 Å². The summed E-state index contributed by atoms with van der Waals surface area (Å²) in [6.45, 7) is 5.54. The molecule has 0 unspecified atom stereocenters. The van der Waals surface area contributed by atoms with E-state index in [1.807, 2.05) is 0 Å². The van der Waals surface area contributed by atoms with Gasteiger partial charge in [-0.3, -0.25) is 9.59 Å². The molecule has 0 spiro atoms. The van der Waals surface area contributed by atoms with Gasteiger partial charge >= 0.3 is 11.9 Å². The van der Waals surface area contributed by atoms with Crippen molar-refractivity contribution in [1.82, 2.24) is 5.32 Å². The molecule has 2 N–H and O–H groups in total. The fraction of sp³-hybridized carbons (Fsp3) is 0.481. The van der Waals surface area contributed by atoms with Crippen LogP contribution in [0.15, 0.2) is 36.4 Å². The second-order valence-electron chi connectivity index (χ2n) is 9.84. The van der Waals surface area contributed by atoms with Crippen LogP contribution in [0.5, 0.6) is 5.75 Å². The zero-order valence-electron chi connectivity index (χ0n) is 20.4. The van der Waals surface area contributed by atoms with E-state index in [0.717, 1.165) is 25.3 Å². The minimum absolute atomic E-state index is 0.0387. The molecule has 3 rings (SSSR count). The van der Waals surface area contributed by atoms with Gasteiger partial charge in [-0.25, -0.2) is 4.39 Å². The Hall–Kier alpha value is -3.00. The van der Waals surface area contributed by atoms with Crippen molar-refractivity contribution < 1.29 is 33.0 Å². The maximum absolute atomic E-state index is 14.3. The van der Waals surface area contributed by atoms with Crippen LogP contribution in [0.1, 0.15) is 50.3 Å². The number of carbonyl (C=O) groups excluding carboxylic acids is 1. The highest BCUT2D eigenvalue weighted by atomic mass is 19.2. The van der Waals surface area contributed by atoms with E-state index in [1.165, 1.54) is 24.1 Å². The lowest BCUT2D eigenvalue weighted by Crippen LogP contribution is -2.47. The van der Waals surface area contributed by atoms with Crippen molar-refractivity contribution in [1.29, 1.82) is 0 Å². The lowest BCUT2D eigenvalue weighted by atomic mass is 9.88. The second-order valence-corrected chi connectivity index (χ2v) is 9.84. The first-order chi connectivity index (χ1) is 16.5. The molecule has 2 aromatic rings. The first kappa shape index (κ1) is 26.6. The fourth-order valence-corrected chi connectivity index (χ4v) is 4.65. The summed E-state index contributed by atoms with van der Waals surface area (Å²) in [5.74, 6) is -3.67. The summed E-state index contributed by atoms with van der Waals surface area (Å²) in [5.41, 5.74) is 2.83. The number of carboxylic acid groups (broad SMARTS) is 1. The van der Waals surface area contributed by atoms with Crippen LogP contribution < -0.4 is 10.1 Å². The van der Waals surface area contributed by atoms with Crippen molar-refractivity contribution in [3.8, 4) is 5.75 Å². The first-order valence-electron chi connectivity index (χ1n) is 11.8. The largest absolute Gasteiger partial charge is 0.486 e. The molecule has 0 fully saturated rings. The van der Waals surface area contributed by atoms with E-state index in [2.05, 4.69) is 43.4 Å². The number of hydrogen-bond acceptors (Lipinski definition) is 5. The molecule has 1 aliphatic rings. The van der Waals surface area contributed by atoms with Crippen molar-refractivity contribution in [2.45, 2.75) is 64.5 Å². The van der Waals surface area contributed by atoms with Gasteiger partial charge in [0.15, 0.2) is 11.6 Å². The Kier molecular flexibility index (Phi) is 8.83. The zero-order chi connectivity index (χ0) is 25.6. The van der Waals surface area contributed by atoms with Gasteiger partial charge in [-0.1, -0.05) is 24.3 Å². The number of nitrogens with one attached hydrogen (secondary N) is 1. The Bertz CT molecular complexity index is 1030. The number of rotatable bonds is 12. The van der Waals surface area contributed by atoms with Crippen molar-refractivity contribution in [2.24, 2.45) is 5.92 Å². The van der Waals surface area contributed by atoms with E-state index < -0.39 is 29.7 Å². The molecular formula is C27H33F2NO5. The maximum atomic E-state index is 14.3. The number of aryl methyl sites for hydroxylation is 1. The number of aliphatic carboxylic acids is 1. The van der Waals surface area contributed by atoms with Gasteiger partial charge in [-0.2, -0.15) is 4.39 Å². The molecule has 0 saturated heterocycles. The summed E-state index contributed by atoms with van der Waals surface area (Å²) in [5, 5.41) is 12.3. The van der Waals surface area contributed by atoms with E-state index in [1.54, 1.807) is 0 Å². The van der Waals surface area contributed by atoms with E-state index in [4.69, 9.17) is 14.6 Å². The molecule has 0 radical (unpaired) electrons. The predicted molar refractivity (Wildman–Crippen MR) is 127 cm³/mol. The Morgan fingerprint density at radius 1 is 1.17 bits per heavy atom. The predicted octanol–water partition coefficient (Wildman–Crippen LogP) is 4.47. The minimum atomic E-state index is -1.17. The number of carbonyl (C=O) groups is 2. The van der Waals surface area contributed by atoms with Gasteiger partial charge in [0.2, 0.25) is 5.82 Å². The number of hydrogen-bond donors (Lipinski definition) is 2. The minimum Gasteiger partial charge on any atom is -0.486 e. The third-order valence-electron chi connectivity index (χ3n) is 6.18. The number of ether oxygens (including phenoxy) is 2. The molecule has 0 heterocycles. The lowest BCUT2D eigenvalue weighted by molar-refractivity contribution is -0.147. The third kappa shape index (κ3) is 8.02. The second kappa shape index (κ2) is 11.6. The van der Waals surface area contributed by atoms with Gasteiger partial charge in [0, 0.05) is 25.4 Å².